The van der Waals surface area contributed by atoms with E-state index < -0.39 is 0 Å². The van der Waals surface area contributed by atoms with E-state index in [4.69, 9.17) is 5.73 Å². The Bertz CT molecular complexity index is 517. The highest BCUT2D eigenvalue weighted by molar-refractivity contribution is 9.10. The summed E-state index contributed by atoms with van der Waals surface area (Å²) >= 11 is 3.24. The normalized spacial score (nSPS) is 10.3. The Morgan fingerprint density at radius 2 is 1.81 bits per heavy atom. The highest BCUT2D eigenvalue weighted by Crippen LogP contribution is 2.38. The Labute approximate surface area is 101 Å². The van der Waals surface area contributed by atoms with Gasteiger partial charge in [-0.05, 0) is 29.8 Å². The third-order valence-corrected chi connectivity index (χ3v) is 2.71. The standard InChI is InChI=1S/C12H10BrNO2/c13-8-5-10(14)12(11(16)6-8)7-2-1-3-9(15)4-7/h1-6,15-16H,14H2. The van der Waals surface area contributed by atoms with Gasteiger partial charge in [0.1, 0.15) is 11.5 Å². The summed E-state index contributed by atoms with van der Waals surface area (Å²) in [5.41, 5.74) is 7.50. The Morgan fingerprint density at radius 3 is 2.44 bits per heavy atom. The molecule has 3 nitrogen and oxygen atoms in total. The van der Waals surface area contributed by atoms with E-state index in [1.165, 1.54) is 0 Å². The highest BCUT2D eigenvalue weighted by Gasteiger charge is 2.10. The van der Waals surface area contributed by atoms with Crippen LogP contribution < -0.4 is 5.73 Å². The van der Waals surface area contributed by atoms with E-state index in [9.17, 15) is 10.2 Å². The van der Waals surface area contributed by atoms with Gasteiger partial charge in [0.05, 0.1) is 0 Å². The fraction of sp³-hybridized carbons (Fsp3) is 0. The zero-order chi connectivity index (χ0) is 11.7. The molecular weight excluding hydrogens is 270 g/mol. The van der Waals surface area contributed by atoms with E-state index in [-0.39, 0.29) is 11.5 Å². The van der Waals surface area contributed by atoms with Gasteiger partial charge in [-0.1, -0.05) is 28.1 Å². The van der Waals surface area contributed by atoms with Crippen molar-refractivity contribution in [1.82, 2.24) is 0 Å². The minimum atomic E-state index is 0.0810. The molecule has 4 heteroatoms. The summed E-state index contributed by atoms with van der Waals surface area (Å²) in [5, 5.41) is 19.2. The lowest BCUT2D eigenvalue weighted by Gasteiger charge is -2.09. The van der Waals surface area contributed by atoms with Crippen LogP contribution in [0.5, 0.6) is 11.5 Å². The molecule has 0 aliphatic rings. The molecule has 0 saturated carbocycles. The molecule has 0 amide bonds. The van der Waals surface area contributed by atoms with Gasteiger partial charge < -0.3 is 15.9 Å². The Morgan fingerprint density at radius 1 is 1.06 bits per heavy atom. The molecule has 0 aliphatic heterocycles. The molecule has 0 radical (unpaired) electrons. The van der Waals surface area contributed by atoms with Crippen molar-refractivity contribution in [1.29, 1.82) is 0 Å². The number of phenolic OH excluding ortho intramolecular Hbond substituents is 2. The number of nitrogens with two attached hydrogens (primary N) is 1. The molecule has 0 aromatic heterocycles. The third-order valence-electron chi connectivity index (χ3n) is 2.25. The van der Waals surface area contributed by atoms with E-state index in [0.29, 0.717) is 21.3 Å². The van der Waals surface area contributed by atoms with E-state index in [0.717, 1.165) is 0 Å². The van der Waals surface area contributed by atoms with Crippen LogP contribution in [0.1, 0.15) is 0 Å². The molecule has 0 saturated heterocycles. The second-order valence-corrected chi connectivity index (χ2v) is 4.36. The van der Waals surface area contributed by atoms with Crippen molar-refractivity contribution in [3.8, 4) is 22.6 Å². The number of hydrogen-bond acceptors (Lipinski definition) is 3. The lowest BCUT2D eigenvalue weighted by atomic mass is 10.0. The van der Waals surface area contributed by atoms with Gasteiger partial charge in [-0.2, -0.15) is 0 Å². The van der Waals surface area contributed by atoms with E-state index in [1.54, 1.807) is 36.4 Å². The zero-order valence-corrected chi connectivity index (χ0v) is 9.90. The number of rotatable bonds is 1. The van der Waals surface area contributed by atoms with Crippen LogP contribution in [0.15, 0.2) is 40.9 Å². The number of aromatic hydroxyl groups is 2. The Balaban J connectivity index is 2.64. The fourth-order valence-electron chi connectivity index (χ4n) is 1.59. The van der Waals surface area contributed by atoms with Gasteiger partial charge in [-0.15, -0.1) is 0 Å². The molecule has 0 unspecified atom stereocenters. The molecule has 0 fully saturated rings. The highest BCUT2D eigenvalue weighted by atomic mass is 79.9. The van der Waals surface area contributed by atoms with Gasteiger partial charge in [-0.3, -0.25) is 0 Å². The topological polar surface area (TPSA) is 66.5 Å². The molecule has 16 heavy (non-hydrogen) atoms. The number of benzene rings is 2. The van der Waals surface area contributed by atoms with E-state index in [2.05, 4.69) is 15.9 Å². The van der Waals surface area contributed by atoms with Crippen LogP contribution in [-0.4, -0.2) is 10.2 Å². The third kappa shape index (κ3) is 1.97. The summed E-state index contributed by atoms with van der Waals surface area (Å²) < 4.78 is 0.714. The first kappa shape index (κ1) is 10.8. The van der Waals surface area contributed by atoms with Crippen LogP contribution in [0.4, 0.5) is 5.69 Å². The maximum absolute atomic E-state index is 9.82. The molecule has 82 valence electrons. The zero-order valence-electron chi connectivity index (χ0n) is 8.31. The molecule has 2 aromatic carbocycles. The molecule has 2 rings (SSSR count). The summed E-state index contributed by atoms with van der Waals surface area (Å²) in [7, 11) is 0. The molecule has 0 atom stereocenters. The van der Waals surface area contributed by atoms with Crippen LogP contribution >= 0.6 is 15.9 Å². The maximum Gasteiger partial charge on any atom is 0.126 e. The first-order chi connectivity index (χ1) is 7.58. The van der Waals surface area contributed by atoms with Crippen molar-refractivity contribution in [2.24, 2.45) is 0 Å². The Kier molecular flexibility index (Phi) is 2.75. The number of anilines is 1. The lowest BCUT2D eigenvalue weighted by Crippen LogP contribution is -1.90. The Hall–Kier alpha value is -1.68. The van der Waals surface area contributed by atoms with E-state index >= 15 is 0 Å². The van der Waals surface area contributed by atoms with Crippen LogP contribution in [0.25, 0.3) is 11.1 Å². The summed E-state index contributed by atoms with van der Waals surface area (Å²) in [6.45, 7) is 0. The number of phenols is 2. The van der Waals surface area contributed by atoms with Gasteiger partial charge in [0.2, 0.25) is 0 Å². The van der Waals surface area contributed by atoms with Gasteiger partial charge in [0.25, 0.3) is 0 Å². The van der Waals surface area contributed by atoms with Crippen LogP contribution in [0, 0.1) is 0 Å². The average molecular weight is 280 g/mol. The smallest absolute Gasteiger partial charge is 0.126 e. The van der Waals surface area contributed by atoms with Gasteiger partial charge in [0.15, 0.2) is 0 Å². The van der Waals surface area contributed by atoms with Crippen LogP contribution in [-0.2, 0) is 0 Å². The largest absolute Gasteiger partial charge is 0.508 e. The average Bonchev–Trinajstić information content (AvgIpc) is 2.15. The number of hydrogen-bond donors (Lipinski definition) is 3. The van der Waals surface area contributed by atoms with Crippen molar-refractivity contribution in [2.45, 2.75) is 0 Å². The first-order valence-corrected chi connectivity index (χ1v) is 5.44. The fourth-order valence-corrected chi connectivity index (χ4v) is 2.05. The van der Waals surface area contributed by atoms with Crippen molar-refractivity contribution in [2.75, 3.05) is 5.73 Å². The van der Waals surface area contributed by atoms with Crippen molar-refractivity contribution < 1.29 is 10.2 Å². The summed E-state index contributed by atoms with van der Waals surface area (Å²) in [6.07, 6.45) is 0. The second-order valence-electron chi connectivity index (χ2n) is 3.44. The minimum Gasteiger partial charge on any atom is -0.508 e. The molecule has 0 aliphatic carbocycles. The number of halogens is 1. The van der Waals surface area contributed by atoms with Crippen LogP contribution in [0.3, 0.4) is 0 Å². The quantitative estimate of drug-likeness (QED) is 0.703. The summed E-state index contributed by atoms with van der Waals surface area (Å²) in [5.74, 6) is 0.219. The monoisotopic (exact) mass is 279 g/mol. The van der Waals surface area contributed by atoms with Crippen molar-refractivity contribution in [3.05, 3.63) is 40.9 Å². The summed E-state index contributed by atoms with van der Waals surface area (Å²) in [6, 6.07) is 9.87. The second kappa shape index (κ2) is 4.06. The molecule has 0 heterocycles. The molecule has 4 N–H and O–H groups in total. The minimum absolute atomic E-state index is 0.0810. The summed E-state index contributed by atoms with van der Waals surface area (Å²) in [4.78, 5) is 0. The van der Waals surface area contributed by atoms with Crippen molar-refractivity contribution >= 4 is 21.6 Å². The molecule has 2 aromatic rings. The number of nitrogen functional groups attached to an aromatic ring is 1. The van der Waals surface area contributed by atoms with Gasteiger partial charge >= 0.3 is 0 Å². The molecule has 0 bridgehead atoms. The maximum atomic E-state index is 9.82. The SMILES string of the molecule is Nc1cc(Br)cc(O)c1-c1cccc(O)c1. The molecule has 0 spiro atoms. The van der Waals surface area contributed by atoms with Crippen molar-refractivity contribution in [3.63, 3.8) is 0 Å². The lowest BCUT2D eigenvalue weighted by molar-refractivity contribution is 0.474. The predicted octanol–water partition coefficient (Wildman–Crippen LogP) is 3.11. The van der Waals surface area contributed by atoms with Crippen LogP contribution in [0.2, 0.25) is 0 Å². The first-order valence-electron chi connectivity index (χ1n) is 4.65. The molecular formula is C12H10BrNO2. The van der Waals surface area contributed by atoms with Gasteiger partial charge in [0, 0.05) is 15.7 Å². The van der Waals surface area contributed by atoms with E-state index in [1.807, 2.05) is 0 Å². The van der Waals surface area contributed by atoms with Gasteiger partial charge in [-0.25, -0.2) is 0 Å². The predicted molar refractivity (Wildman–Crippen MR) is 67.3 cm³/mol.